The molecule has 0 aliphatic carbocycles. The SMILES string of the molecule is CO[C@@H]1O[C@H](COCc2ccccc2)[C@H](O[C@H]2O[C@H](COCc3ccccc3)[C@H](OCc3ccccc3)[C@H](OCc3ccccc3)[C@H]2OCc2ccccc2)[C@H](OC)[C@H]1OC. The van der Waals surface area contributed by atoms with Crippen LogP contribution < -0.4 is 0 Å². The molecule has 10 atom stereocenters. The molecule has 7 rings (SSSR count). The quantitative estimate of drug-likeness (QED) is 0.0687. The summed E-state index contributed by atoms with van der Waals surface area (Å²) >= 11 is 0. The Hall–Kier alpha value is -4.34. The Morgan fingerprint density at radius 3 is 1.11 bits per heavy atom. The molecule has 2 saturated heterocycles. The van der Waals surface area contributed by atoms with E-state index >= 15 is 0 Å². The van der Waals surface area contributed by atoms with E-state index in [-0.39, 0.29) is 26.4 Å². The number of rotatable bonds is 22. The average Bonchev–Trinajstić information content (AvgIpc) is 3.31. The predicted octanol–water partition coefficient (Wildman–Crippen LogP) is 7.69. The molecule has 5 aromatic rings. The van der Waals surface area contributed by atoms with Gasteiger partial charge in [-0.15, -0.1) is 0 Å². The van der Waals surface area contributed by atoms with Gasteiger partial charge in [-0.05, 0) is 27.8 Å². The fourth-order valence-electron chi connectivity index (χ4n) is 7.76. The van der Waals surface area contributed by atoms with E-state index in [1.165, 1.54) is 0 Å². The van der Waals surface area contributed by atoms with Crippen LogP contribution in [0.25, 0.3) is 0 Å². The van der Waals surface area contributed by atoms with Crippen molar-refractivity contribution in [2.45, 2.75) is 94.4 Å². The molecule has 324 valence electrons. The Morgan fingerprint density at radius 2 is 0.705 bits per heavy atom. The predicted molar refractivity (Wildman–Crippen MR) is 228 cm³/mol. The molecule has 0 aromatic heterocycles. The van der Waals surface area contributed by atoms with Gasteiger partial charge in [0.1, 0.15) is 48.8 Å². The monoisotopic (exact) mass is 834 g/mol. The smallest absolute Gasteiger partial charge is 0.187 e. The van der Waals surface area contributed by atoms with Gasteiger partial charge in [0, 0.05) is 21.3 Å². The average molecular weight is 835 g/mol. The second-order valence-electron chi connectivity index (χ2n) is 15.1. The van der Waals surface area contributed by atoms with Crippen LogP contribution in [0.15, 0.2) is 152 Å². The fourth-order valence-corrected chi connectivity index (χ4v) is 7.76. The molecule has 2 fully saturated rings. The van der Waals surface area contributed by atoms with Crippen LogP contribution in [0.1, 0.15) is 27.8 Å². The first-order valence-corrected chi connectivity index (χ1v) is 20.9. The molecular weight excluding hydrogens is 777 g/mol. The van der Waals surface area contributed by atoms with Crippen LogP contribution in [0.4, 0.5) is 0 Å². The molecule has 0 spiro atoms. The van der Waals surface area contributed by atoms with Gasteiger partial charge in [-0.1, -0.05) is 152 Å². The van der Waals surface area contributed by atoms with E-state index in [0.717, 1.165) is 27.8 Å². The normalized spacial score (nSPS) is 26.5. The Labute approximate surface area is 359 Å². The van der Waals surface area contributed by atoms with Crippen LogP contribution in [0.2, 0.25) is 0 Å². The van der Waals surface area contributed by atoms with Crippen molar-refractivity contribution in [3.8, 4) is 0 Å². The molecule has 0 radical (unpaired) electrons. The van der Waals surface area contributed by atoms with E-state index in [0.29, 0.717) is 19.8 Å². The summed E-state index contributed by atoms with van der Waals surface area (Å²) in [6, 6.07) is 50.1. The summed E-state index contributed by atoms with van der Waals surface area (Å²) < 4.78 is 72.1. The number of hydrogen-bond donors (Lipinski definition) is 0. The Kier molecular flexibility index (Phi) is 17.4. The summed E-state index contributed by atoms with van der Waals surface area (Å²) in [5.41, 5.74) is 5.04. The second kappa shape index (κ2) is 23.8. The largest absolute Gasteiger partial charge is 0.376 e. The van der Waals surface area contributed by atoms with Crippen molar-refractivity contribution in [2.24, 2.45) is 0 Å². The third-order valence-corrected chi connectivity index (χ3v) is 10.9. The third kappa shape index (κ3) is 12.6. The van der Waals surface area contributed by atoms with Gasteiger partial charge in [0.25, 0.3) is 0 Å². The van der Waals surface area contributed by atoms with E-state index in [1.54, 1.807) is 21.3 Å². The molecule has 0 amide bonds. The Morgan fingerprint density at radius 1 is 0.344 bits per heavy atom. The molecule has 2 heterocycles. The zero-order chi connectivity index (χ0) is 42.1. The van der Waals surface area contributed by atoms with Gasteiger partial charge in [0.15, 0.2) is 12.6 Å². The van der Waals surface area contributed by atoms with Crippen molar-refractivity contribution in [1.29, 1.82) is 0 Å². The number of hydrogen-bond acceptors (Lipinski definition) is 11. The molecule has 5 aromatic carbocycles. The first-order chi connectivity index (χ1) is 30.1. The van der Waals surface area contributed by atoms with Gasteiger partial charge < -0.3 is 52.1 Å². The summed E-state index contributed by atoms with van der Waals surface area (Å²) in [6.45, 7) is 1.94. The van der Waals surface area contributed by atoms with Gasteiger partial charge in [0.05, 0.1) is 46.2 Å². The Bertz CT molecular complexity index is 1920. The lowest BCUT2D eigenvalue weighted by molar-refractivity contribution is -0.372. The summed E-state index contributed by atoms with van der Waals surface area (Å²) in [6.07, 6.45) is -7.31. The summed E-state index contributed by atoms with van der Waals surface area (Å²) in [7, 11) is 4.80. The topological polar surface area (TPSA) is 102 Å². The fraction of sp³-hybridized carbons (Fsp3) is 0.400. The minimum Gasteiger partial charge on any atom is -0.376 e. The molecule has 11 heteroatoms. The lowest BCUT2D eigenvalue weighted by atomic mass is 9.96. The first-order valence-electron chi connectivity index (χ1n) is 20.9. The Balaban J connectivity index is 1.24. The minimum atomic E-state index is -1.02. The maximum absolute atomic E-state index is 7.16. The van der Waals surface area contributed by atoms with Crippen LogP contribution in [0, 0.1) is 0 Å². The number of ether oxygens (including phenoxy) is 11. The van der Waals surface area contributed by atoms with Crippen LogP contribution in [-0.2, 0) is 85.1 Å². The highest BCUT2D eigenvalue weighted by molar-refractivity contribution is 5.17. The van der Waals surface area contributed by atoms with E-state index in [4.69, 9.17) is 52.1 Å². The van der Waals surface area contributed by atoms with E-state index in [1.807, 2.05) is 152 Å². The maximum Gasteiger partial charge on any atom is 0.187 e. The molecular formula is C50H58O11. The molecule has 0 unspecified atom stereocenters. The van der Waals surface area contributed by atoms with Gasteiger partial charge in [-0.25, -0.2) is 0 Å². The van der Waals surface area contributed by atoms with E-state index in [2.05, 4.69) is 0 Å². The minimum absolute atomic E-state index is 0.165. The maximum atomic E-state index is 7.16. The van der Waals surface area contributed by atoms with Crippen molar-refractivity contribution in [3.05, 3.63) is 179 Å². The summed E-state index contributed by atoms with van der Waals surface area (Å²) in [5, 5.41) is 0. The van der Waals surface area contributed by atoms with Crippen molar-refractivity contribution >= 4 is 0 Å². The van der Waals surface area contributed by atoms with E-state index < -0.39 is 61.4 Å². The van der Waals surface area contributed by atoms with Crippen LogP contribution in [0.5, 0.6) is 0 Å². The van der Waals surface area contributed by atoms with Gasteiger partial charge in [-0.3, -0.25) is 0 Å². The zero-order valence-electron chi connectivity index (χ0n) is 35.1. The van der Waals surface area contributed by atoms with E-state index in [9.17, 15) is 0 Å². The second-order valence-corrected chi connectivity index (χ2v) is 15.1. The van der Waals surface area contributed by atoms with Gasteiger partial charge in [0.2, 0.25) is 0 Å². The third-order valence-electron chi connectivity index (χ3n) is 10.9. The van der Waals surface area contributed by atoms with Crippen molar-refractivity contribution in [2.75, 3.05) is 34.5 Å². The summed E-state index contributed by atoms with van der Waals surface area (Å²) in [4.78, 5) is 0. The number of benzene rings is 5. The standard InChI is InChI=1S/C50H58O11/c1-51-45-44(42(59-49(53-3)47(45)52-2)35-55-30-37-21-11-5-12-22-37)61-50-48(58-33-40-27-17-8-18-28-40)46(57-32-39-25-15-7-16-26-39)43(56-31-38-23-13-6-14-24-38)41(60-50)34-54-29-36-19-9-4-10-20-36/h4-28,41-50H,29-35H2,1-3H3/t41-,42-,43+,44+,45+,46+,47-,48-,49-,50-/m1/s1. The molecule has 0 bridgehead atoms. The summed E-state index contributed by atoms with van der Waals surface area (Å²) in [5.74, 6) is 0. The van der Waals surface area contributed by atoms with Crippen LogP contribution >= 0.6 is 0 Å². The lowest BCUT2D eigenvalue weighted by Gasteiger charge is -2.49. The highest BCUT2D eigenvalue weighted by atomic mass is 16.8. The van der Waals surface area contributed by atoms with Crippen molar-refractivity contribution < 1.29 is 52.1 Å². The molecule has 0 saturated carbocycles. The first kappa shape index (κ1) is 44.7. The lowest BCUT2D eigenvalue weighted by Crippen LogP contribution is -2.66. The van der Waals surface area contributed by atoms with Crippen LogP contribution in [-0.4, -0.2) is 96.0 Å². The molecule has 0 N–H and O–H groups in total. The zero-order valence-corrected chi connectivity index (χ0v) is 35.1. The molecule has 2 aliphatic heterocycles. The molecule has 61 heavy (non-hydrogen) atoms. The highest BCUT2D eigenvalue weighted by Gasteiger charge is 2.54. The van der Waals surface area contributed by atoms with Crippen molar-refractivity contribution in [3.63, 3.8) is 0 Å². The molecule has 11 nitrogen and oxygen atoms in total. The highest BCUT2D eigenvalue weighted by Crippen LogP contribution is 2.36. The van der Waals surface area contributed by atoms with Gasteiger partial charge >= 0.3 is 0 Å². The van der Waals surface area contributed by atoms with Gasteiger partial charge in [-0.2, -0.15) is 0 Å². The van der Waals surface area contributed by atoms with Crippen LogP contribution in [0.3, 0.4) is 0 Å². The van der Waals surface area contributed by atoms with Crippen molar-refractivity contribution in [1.82, 2.24) is 0 Å². The molecule has 2 aliphatic rings. The number of methoxy groups -OCH3 is 3.